The quantitative estimate of drug-likeness (QED) is 0.780. The van der Waals surface area contributed by atoms with Crippen molar-refractivity contribution >= 4 is 5.91 Å². The molecule has 0 bridgehead atoms. The molecule has 2 rings (SSSR count). The third kappa shape index (κ3) is 4.01. The Hall–Kier alpha value is -2.54. The molecule has 122 valence electrons. The maximum absolute atomic E-state index is 13.9. The molecule has 0 aliphatic heterocycles. The Labute approximate surface area is 133 Å². The van der Waals surface area contributed by atoms with Crippen LogP contribution in [0.3, 0.4) is 0 Å². The third-order valence-corrected chi connectivity index (χ3v) is 3.29. The zero-order valence-corrected chi connectivity index (χ0v) is 13.1. The second-order valence-electron chi connectivity index (χ2n) is 5.07. The van der Waals surface area contributed by atoms with Gasteiger partial charge in [-0.3, -0.25) is 9.59 Å². The molecule has 1 aromatic heterocycles. The number of benzene rings is 1. The van der Waals surface area contributed by atoms with Gasteiger partial charge in [-0.25, -0.2) is 9.07 Å². The molecule has 1 heterocycles. The largest absolute Gasteiger partial charge is 0.350 e. The van der Waals surface area contributed by atoms with Crippen LogP contribution in [0, 0.1) is 12.7 Å². The summed E-state index contributed by atoms with van der Waals surface area (Å²) in [6, 6.07) is 7.34. The monoisotopic (exact) mass is 318 g/mol. The van der Waals surface area contributed by atoms with Gasteiger partial charge in [0.1, 0.15) is 11.5 Å². The number of nitrogens with one attached hydrogen (secondary N) is 2. The molecule has 0 saturated heterocycles. The van der Waals surface area contributed by atoms with E-state index in [0.717, 1.165) is 13.0 Å². The summed E-state index contributed by atoms with van der Waals surface area (Å²) in [5.41, 5.74) is -0.0921. The van der Waals surface area contributed by atoms with Gasteiger partial charge in [0, 0.05) is 18.3 Å². The number of aromatic nitrogens is 2. The highest BCUT2D eigenvalue weighted by molar-refractivity contribution is 5.92. The second-order valence-corrected chi connectivity index (χ2v) is 5.07. The molecule has 2 N–H and O–H groups in total. The predicted octanol–water partition coefficient (Wildman–Crippen LogP) is 1.02. The van der Waals surface area contributed by atoms with Crippen LogP contribution in [-0.4, -0.2) is 35.8 Å². The van der Waals surface area contributed by atoms with Crippen LogP contribution >= 0.6 is 0 Å². The van der Waals surface area contributed by atoms with Crippen molar-refractivity contribution in [2.75, 3.05) is 20.1 Å². The van der Waals surface area contributed by atoms with Gasteiger partial charge in [0.05, 0.1) is 0 Å². The molecule has 2 aromatic rings. The molecular formula is C16H19FN4O2. The summed E-state index contributed by atoms with van der Waals surface area (Å²) in [5, 5.41) is 9.64. The second kappa shape index (κ2) is 7.64. The highest BCUT2D eigenvalue weighted by atomic mass is 19.1. The standard InChI is InChI=1S/C16H19FN4O2/c1-11-10-14(22)15(16(23)19-9-5-8-18-2)20-21(11)13-7-4-3-6-12(13)17/h3-4,6-7,10,18H,5,8-9H2,1-2H3,(H,19,23). The molecule has 0 aliphatic rings. The molecule has 0 radical (unpaired) electrons. The first-order valence-corrected chi connectivity index (χ1v) is 7.33. The van der Waals surface area contributed by atoms with E-state index in [1.807, 2.05) is 7.05 Å². The first-order chi connectivity index (χ1) is 11.0. The normalized spacial score (nSPS) is 10.6. The summed E-state index contributed by atoms with van der Waals surface area (Å²) in [6.45, 7) is 2.81. The Bertz CT molecular complexity index is 758. The van der Waals surface area contributed by atoms with Crippen LogP contribution in [0.25, 0.3) is 5.69 Å². The molecule has 7 heteroatoms. The van der Waals surface area contributed by atoms with Crippen LogP contribution in [0.2, 0.25) is 0 Å². The number of hydrogen-bond acceptors (Lipinski definition) is 4. The van der Waals surface area contributed by atoms with E-state index in [4.69, 9.17) is 0 Å². The summed E-state index contributed by atoms with van der Waals surface area (Å²) < 4.78 is 15.2. The van der Waals surface area contributed by atoms with Gasteiger partial charge in [-0.05, 0) is 39.1 Å². The van der Waals surface area contributed by atoms with Crippen molar-refractivity contribution in [3.05, 3.63) is 57.8 Å². The third-order valence-electron chi connectivity index (χ3n) is 3.29. The van der Waals surface area contributed by atoms with Gasteiger partial charge >= 0.3 is 0 Å². The SMILES string of the molecule is CNCCCNC(=O)c1nn(-c2ccccc2F)c(C)cc1=O. The van der Waals surface area contributed by atoms with E-state index in [1.54, 1.807) is 19.1 Å². The molecule has 0 saturated carbocycles. The lowest BCUT2D eigenvalue weighted by atomic mass is 10.2. The minimum Gasteiger partial charge on any atom is -0.350 e. The van der Waals surface area contributed by atoms with Gasteiger partial charge in [0.2, 0.25) is 5.43 Å². The fraction of sp³-hybridized carbons (Fsp3) is 0.312. The molecule has 0 aliphatic carbocycles. The summed E-state index contributed by atoms with van der Waals surface area (Å²) >= 11 is 0. The lowest BCUT2D eigenvalue weighted by molar-refractivity contribution is 0.0945. The predicted molar refractivity (Wildman–Crippen MR) is 85.4 cm³/mol. The van der Waals surface area contributed by atoms with E-state index in [0.29, 0.717) is 12.2 Å². The fourth-order valence-electron chi connectivity index (χ4n) is 2.12. The molecule has 1 amide bonds. The van der Waals surface area contributed by atoms with Crippen molar-refractivity contribution < 1.29 is 9.18 Å². The minimum atomic E-state index is -0.559. The van der Waals surface area contributed by atoms with Crippen molar-refractivity contribution in [2.45, 2.75) is 13.3 Å². The number of nitrogens with zero attached hydrogens (tertiary/aromatic N) is 2. The van der Waals surface area contributed by atoms with E-state index in [1.165, 1.54) is 22.9 Å². The average molecular weight is 318 g/mol. The number of halogens is 1. The summed E-state index contributed by atoms with van der Waals surface area (Å²) in [4.78, 5) is 24.1. The van der Waals surface area contributed by atoms with Crippen LogP contribution in [0.15, 0.2) is 35.1 Å². The number of aryl methyl sites for hydroxylation is 1. The van der Waals surface area contributed by atoms with Crippen molar-refractivity contribution in [3.8, 4) is 5.69 Å². The summed E-state index contributed by atoms with van der Waals surface area (Å²) in [5.74, 6) is -1.04. The fourth-order valence-corrected chi connectivity index (χ4v) is 2.12. The molecule has 6 nitrogen and oxygen atoms in total. The Balaban J connectivity index is 2.32. The molecule has 0 atom stereocenters. The number of carbonyl (C=O) groups excluding carboxylic acids is 1. The topological polar surface area (TPSA) is 76.0 Å². The lowest BCUT2D eigenvalue weighted by Crippen LogP contribution is -2.33. The van der Waals surface area contributed by atoms with E-state index in [2.05, 4.69) is 15.7 Å². The smallest absolute Gasteiger partial charge is 0.275 e. The number of amides is 1. The van der Waals surface area contributed by atoms with Crippen molar-refractivity contribution in [1.82, 2.24) is 20.4 Å². The first kappa shape index (κ1) is 16.8. The number of hydrogen-bond donors (Lipinski definition) is 2. The van der Waals surface area contributed by atoms with E-state index in [9.17, 15) is 14.0 Å². The Morgan fingerprint density at radius 3 is 2.74 bits per heavy atom. The zero-order valence-electron chi connectivity index (χ0n) is 13.1. The highest BCUT2D eigenvalue weighted by Gasteiger charge is 2.16. The van der Waals surface area contributed by atoms with Crippen molar-refractivity contribution in [1.29, 1.82) is 0 Å². The molecule has 0 spiro atoms. The van der Waals surface area contributed by atoms with Crippen LogP contribution in [0.4, 0.5) is 4.39 Å². The molecule has 1 aromatic carbocycles. The van der Waals surface area contributed by atoms with Crippen LogP contribution in [0.1, 0.15) is 22.6 Å². The van der Waals surface area contributed by atoms with Gasteiger partial charge in [-0.2, -0.15) is 5.10 Å². The highest BCUT2D eigenvalue weighted by Crippen LogP contribution is 2.12. The minimum absolute atomic E-state index is 0.189. The Morgan fingerprint density at radius 1 is 1.30 bits per heavy atom. The maximum Gasteiger partial charge on any atom is 0.275 e. The molecule has 0 fully saturated rings. The number of carbonyl (C=O) groups is 1. The number of rotatable bonds is 6. The van der Waals surface area contributed by atoms with Gasteiger partial charge in [0.15, 0.2) is 5.69 Å². The van der Waals surface area contributed by atoms with Gasteiger partial charge < -0.3 is 10.6 Å². The molecule has 0 unspecified atom stereocenters. The van der Waals surface area contributed by atoms with Crippen molar-refractivity contribution in [2.24, 2.45) is 0 Å². The lowest BCUT2D eigenvalue weighted by Gasteiger charge is -2.12. The summed E-state index contributed by atoms with van der Waals surface area (Å²) in [6.07, 6.45) is 0.732. The first-order valence-electron chi connectivity index (χ1n) is 7.33. The zero-order chi connectivity index (χ0) is 16.8. The maximum atomic E-state index is 13.9. The van der Waals surface area contributed by atoms with E-state index in [-0.39, 0.29) is 11.4 Å². The molecular weight excluding hydrogens is 299 g/mol. The van der Waals surface area contributed by atoms with Crippen LogP contribution < -0.4 is 16.1 Å². The average Bonchev–Trinajstić information content (AvgIpc) is 2.52. The van der Waals surface area contributed by atoms with Gasteiger partial charge in [-0.15, -0.1) is 0 Å². The molecule has 23 heavy (non-hydrogen) atoms. The van der Waals surface area contributed by atoms with Crippen LogP contribution in [-0.2, 0) is 0 Å². The summed E-state index contributed by atoms with van der Waals surface area (Å²) in [7, 11) is 1.82. The van der Waals surface area contributed by atoms with Crippen LogP contribution in [0.5, 0.6) is 0 Å². The van der Waals surface area contributed by atoms with E-state index >= 15 is 0 Å². The van der Waals surface area contributed by atoms with Gasteiger partial charge in [0.25, 0.3) is 5.91 Å². The Morgan fingerprint density at radius 2 is 2.04 bits per heavy atom. The van der Waals surface area contributed by atoms with Crippen molar-refractivity contribution in [3.63, 3.8) is 0 Å². The van der Waals surface area contributed by atoms with Gasteiger partial charge in [-0.1, -0.05) is 12.1 Å². The van der Waals surface area contributed by atoms with E-state index < -0.39 is 17.2 Å². The Kier molecular flexibility index (Phi) is 5.59. The number of para-hydroxylation sites is 1.